The molecule has 0 saturated heterocycles. The van der Waals surface area contributed by atoms with Crippen LogP contribution in [0.15, 0.2) is 41.0 Å². The lowest BCUT2D eigenvalue weighted by molar-refractivity contribution is -0.144. The second kappa shape index (κ2) is 8.19. The maximum Gasteiger partial charge on any atom is 0.341 e. The molecular weight excluding hydrogens is 312 g/mol. The summed E-state index contributed by atoms with van der Waals surface area (Å²) >= 11 is 0. The Hall–Kier alpha value is -2.76. The van der Waals surface area contributed by atoms with Crippen LogP contribution in [0, 0.1) is 0 Å². The summed E-state index contributed by atoms with van der Waals surface area (Å²) in [4.78, 5) is 23.5. The van der Waals surface area contributed by atoms with Gasteiger partial charge >= 0.3 is 11.9 Å². The molecule has 0 unspecified atom stereocenters. The summed E-state index contributed by atoms with van der Waals surface area (Å²) in [7, 11) is 1.28. The van der Waals surface area contributed by atoms with Crippen molar-refractivity contribution in [3.8, 4) is 5.75 Å². The minimum atomic E-state index is -0.534. The first kappa shape index (κ1) is 17.6. The average Bonchev–Trinajstić information content (AvgIpc) is 3.00. The Bertz CT molecular complexity index is 701. The molecule has 0 radical (unpaired) electrons. The molecule has 1 aromatic carbocycles. The zero-order valence-corrected chi connectivity index (χ0v) is 13.9. The summed E-state index contributed by atoms with van der Waals surface area (Å²) in [5.74, 6) is -0.00125. The molecule has 0 spiro atoms. The monoisotopic (exact) mass is 332 g/mol. The first-order valence-electron chi connectivity index (χ1n) is 7.55. The van der Waals surface area contributed by atoms with Gasteiger partial charge in [-0.15, -0.1) is 0 Å². The molecule has 6 nitrogen and oxygen atoms in total. The third-order valence-electron chi connectivity index (χ3n) is 3.13. The number of methoxy groups -OCH3 is 1. The van der Waals surface area contributed by atoms with Crippen molar-refractivity contribution in [2.24, 2.45) is 0 Å². The maximum atomic E-state index is 12.0. The average molecular weight is 332 g/mol. The molecule has 6 heteroatoms. The number of esters is 2. The van der Waals surface area contributed by atoms with Crippen molar-refractivity contribution in [3.63, 3.8) is 0 Å². The number of hydrogen-bond acceptors (Lipinski definition) is 6. The number of benzene rings is 1. The van der Waals surface area contributed by atoms with Gasteiger partial charge in [0.1, 0.15) is 17.9 Å². The number of hydrogen-bond donors (Lipinski definition) is 0. The summed E-state index contributed by atoms with van der Waals surface area (Å²) in [6.07, 6.45) is 1.51. The molecule has 0 amide bonds. The molecule has 2 aromatic rings. The Labute approximate surface area is 140 Å². The summed E-state index contributed by atoms with van der Waals surface area (Å²) in [5, 5.41) is 0. The van der Waals surface area contributed by atoms with Crippen LogP contribution in [-0.4, -0.2) is 25.2 Å². The largest absolute Gasteiger partial charge is 0.491 e. The van der Waals surface area contributed by atoms with Crippen molar-refractivity contribution >= 4 is 11.9 Å². The molecule has 128 valence electrons. The molecule has 1 heterocycles. The number of ether oxygens (including phenoxy) is 3. The first-order chi connectivity index (χ1) is 11.5. The Morgan fingerprint density at radius 1 is 1.21 bits per heavy atom. The molecule has 0 N–H and O–H groups in total. The fraction of sp³-hybridized carbons (Fsp3) is 0.333. The standard InChI is InChI=1S/C18H20O6/c1-12(2)24-14-6-4-5-13(9-14)10-17(19)23-11-16-15(7-8-22-16)18(20)21-3/h4-9,12H,10-11H2,1-3H3. The number of furan rings is 1. The van der Waals surface area contributed by atoms with Crippen LogP contribution in [0.1, 0.15) is 35.5 Å². The molecule has 0 aliphatic rings. The van der Waals surface area contributed by atoms with Gasteiger partial charge in [0.25, 0.3) is 0 Å². The second-order valence-electron chi connectivity index (χ2n) is 5.40. The van der Waals surface area contributed by atoms with Crippen LogP contribution in [0.3, 0.4) is 0 Å². The predicted octanol–water partition coefficient (Wildman–Crippen LogP) is 3.14. The van der Waals surface area contributed by atoms with E-state index in [4.69, 9.17) is 13.9 Å². The van der Waals surface area contributed by atoms with Gasteiger partial charge in [-0.05, 0) is 37.6 Å². The van der Waals surface area contributed by atoms with Gasteiger partial charge in [-0.25, -0.2) is 4.79 Å². The van der Waals surface area contributed by atoms with E-state index in [0.29, 0.717) is 5.75 Å². The topological polar surface area (TPSA) is 75.0 Å². The van der Waals surface area contributed by atoms with Gasteiger partial charge in [0.15, 0.2) is 5.76 Å². The lowest BCUT2D eigenvalue weighted by Crippen LogP contribution is -2.10. The van der Waals surface area contributed by atoms with E-state index in [-0.39, 0.29) is 30.5 Å². The van der Waals surface area contributed by atoms with Gasteiger partial charge in [-0.2, -0.15) is 0 Å². The molecule has 0 aliphatic carbocycles. The van der Waals surface area contributed by atoms with Crippen LogP contribution in [-0.2, 0) is 27.3 Å². The van der Waals surface area contributed by atoms with Gasteiger partial charge < -0.3 is 18.6 Å². The Kier molecular flexibility index (Phi) is 6.01. The minimum absolute atomic E-state index is 0.0582. The molecule has 1 aromatic heterocycles. The highest BCUT2D eigenvalue weighted by Crippen LogP contribution is 2.17. The highest BCUT2D eigenvalue weighted by atomic mass is 16.5. The van der Waals surface area contributed by atoms with Gasteiger partial charge in [-0.1, -0.05) is 12.1 Å². The third kappa shape index (κ3) is 4.87. The second-order valence-corrected chi connectivity index (χ2v) is 5.40. The smallest absolute Gasteiger partial charge is 0.341 e. The van der Waals surface area contributed by atoms with Gasteiger partial charge in [0.05, 0.1) is 25.9 Å². The Morgan fingerprint density at radius 3 is 2.71 bits per heavy atom. The van der Waals surface area contributed by atoms with Crippen LogP contribution in [0.25, 0.3) is 0 Å². The van der Waals surface area contributed by atoms with E-state index in [0.717, 1.165) is 5.56 Å². The van der Waals surface area contributed by atoms with E-state index in [2.05, 4.69) is 4.74 Å². The molecular formula is C18H20O6. The van der Waals surface area contributed by atoms with Crippen LogP contribution >= 0.6 is 0 Å². The van der Waals surface area contributed by atoms with Crippen LogP contribution in [0.5, 0.6) is 5.75 Å². The van der Waals surface area contributed by atoms with E-state index < -0.39 is 11.9 Å². The minimum Gasteiger partial charge on any atom is -0.491 e. The SMILES string of the molecule is COC(=O)c1ccoc1COC(=O)Cc1cccc(OC(C)C)c1. The summed E-state index contributed by atoms with van der Waals surface area (Å²) in [6.45, 7) is 3.74. The highest BCUT2D eigenvalue weighted by molar-refractivity contribution is 5.90. The lowest BCUT2D eigenvalue weighted by Gasteiger charge is -2.10. The molecule has 0 bridgehead atoms. The van der Waals surface area contributed by atoms with E-state index in [1.54, 1.807) is 6.07 Å². The zero-order valence-electron chi connectivity index (χ0n) is 13.9. The molecule has 0 aliphatic heterocycles. The van der Waals surface area contributed by atoms with Crippen molar-refractivity contribution in [2.75, 3.05) is 7.11 Å². The van der Waals surface area contributed by atoms with Crippen LogP contribution in [0.4, 0.5) is 0 Å². The zero-order chi connectivity index (χ0) is 17.5. The quantitative estimate of drug-likeness (QED) is 0.725. The van der Waals surface area contributed by atoms with Crippen LogP contribution in [0.2, 0.25) is 0 Å². The fourth-order valence-corrected chi connectivity index (χ4v) is 2.11. The van der Waals surface area contributed by atoms with E-state index in [1.807, 2.05) is 32.0 Å². The Balaban J connectivity index is 1.92. The molecule has 0 fully saturated rings. The van der Waals surface area contributed by atoms with E-state index in [9.17, 15) is 9.59 Å². The third-order valence-corrected chi connectivity index (χ3v) is 3.13. The predicted molar refractivity (Wildman–Crippen MR) is 85.8 cm³/mol. The maximum absolute atomic E-state index is 12.0. The summed E-state index contributed by atoms with van der Waals surface area (Å²) in [5.41, 5.74) is 1.03. The number of rotatable bonds is 7. The van der Waals surface area contributed by atoms with Crippen molar-refractivity contribution in [3.05, 3.63) is 53.5 Å². The molecule has 0 atom stereocenters. The van der Waals surface area contributed by atoms with E-state index in [1.165, 1.54) is 19.4 Å². The number of carbonyl (C=O) groups is 2. The number of carbonyl (C=O) groups excluding carboxylic acids is 2. The van der Waals surface area contributed by atoms with Crippen molar-refractivity contribution < 1.29 is 28.2 Å². The van der Waals surface area contributed by atoms with E-state index >= 15 is 0 Å². The van der Waals surface area contributed by atoms with Gasteiger partial charge in [-0.3, -0.25) is 4.79 Å². The normalized spacial score (nSPS) is 10.5. The fourth-order valence-electron chi connectivity index (χ4n) is 2.11. The summed E-state index contributed by atoms with van der Waals surface area (Å²) < 4.78 is 20.5. The summed E-state index contributed by atoms with van der Waals surface area (Å²) in [6, 6.07) is 8.75. The molecule has 0 saturated carbocycles. The van der Waals surface area contributed by atoms with Crippen LogP contribution < -0.4 is 4.74 Å². The van der Waals surface area contributed by atoms with Gasteiger partial charge in [0.2, 0.25) is 0 Å². The van der Waals surface area contributed by atoms with Gasteiger partial charge in [0, 0.05) is 0 Å². The highest BCUT2D eigenvalue weighted by Gasteiger charge is 2.16. The van der Waals surface area contributed by atoms with Crippen molar-refractivity contribution in [1.29, 1.82) is 0 Å². The molecule has 2 rings (SSSR count). The first-order valence-corrected chi connectivity index (χ1v) is 7.55. The molecule has 24 heavy (non-hydrogen) atoms. The Morgan fingerprint density at radius 2 is 2.00 bits per heavy atom. The lowest BCUT2D eigenvalue weighted by atomic mass is 10.1. The van der Waals surface area contributed by atoms with Crippen molar-refractivity contribution in [1.82, 2.24) is 0 Å². The van der Waals surface area contributed by atoms with Crippen molar-refractivity contribution in [2.45, 2.75) is 33.0 Å².